The van der Waals surface area contributed by atoms with Gasteiger partial charge in [0.25, 0.3) is 0 Å². The molecule has 134 valence electrons. The third-order valence-corrected chi connectivity index (χ3v) is 5.97. The molecule has 2 aliphatic carbocycles. The minimum Gasteiger partial charge on any atom is -0.481 e. The maximum absolute atomic E-state index is 12.1. The van der Waals surface area contributed by atoms with Crippen LogP contribution in [0.4, 0.5) is 4.79 Å². The molecule has 1 aliphatic heterocycles. The monoisotopic (exact) mass is 339 g/mol. The fourth-order valence-corrected chi connectivity index (χ4v) is 5.09. The van der Waals surface area contributed by atoms with E-state index in [1.165, 1.54) is 0 Å². The zero-order valence-corrected chi connectivity index (χ0v) is 14.1. The summed E-state index contributed by atoms with van der Waals surface area (Å²) in [5.74, 6) is -2.04. The summed E-state index contributed by atoms with van der Waals surface area (Å²) < 4.78 is 10.2. The Balaban J connectivity index is 1.74. The van der Waals surface area contributed by atoms with Gasteiger partial charge in [0.15, 0.2) is 0 Å². The quantitative estimate of drug-likeness (QED) is 0.760. The molecular weight excluding hydrogens is 314 g/mol. The number of carbonyl (C=O) groups is 3. The van der Waals surface area contributed by atoms with E-state index in [2.05, 4.69) is 5.32 Å². The number of hydrogen-bond acceptors (Lipinski definition) is 5. The normalized spacial score (nSPS) is 40.9. The van der Waals surface area contributed by atoms with Crippen LogP contribution in [-0.2, 0) is 19.1 Å². The largest absolute Gasteiger partial charge is 0.481 e. The molecule has 0 bridgehead atoms. The molecule has 1 saturated heterocycles. The molecule has 0 spiro atoms. The van der Waals surface area contributed by atoms with Gasteiger partial charge in [0, 0.05) is 12.0 Å². The van der Waals surface area contributed by atoms with Crippen LogP contribution in [0.15, 0.2) is 0 Å². The number of amides is 1. The van der Waals surface area contributed by atoms with E-state index in [1.807, 2.05) is 0 Å². The molecule has 7 atom stereocenters. The highest BCUT2D eigenvalue weighted by Gasteiger charge is 2.57. The van der Waals surface area contributed by atoms with Gasteiger partial charge in [-0.25, -0.2) is 4.79 Å². The molecule has 1 heterocycles. The molecular formula is C17H25NO6. The zero-order chi connectivity index (χ0) is 17.4. The molecule has 2 unspecified atom stereocenters. The van der Waals surface area contributed by atoms with Gasteiger partial charge in [-0.05, 0) is 51.4 Å². The second kappa shape index (κ2) is 6.61. The highest BCUT2D eigenvalue weighted by Crippen LogP contribution is 2.53. The molecule has 0 aromatic rings. The summed E-state index contributed by atoms with van der Waals surface area (Å²) >= 11 is 0. The van der Waals surface area contributed by atoms with Gasteiger partial charge in [-0.3, -0.25) is 9.59 Å². The van der Waals surface area contributed by atoms with Crippen LogP contribution in [-0.4, -0.2) is 41.9 Å². The van der Waals surface area contributed by atoms with Crippen molar-refractivity contribution in [2.75, 3.05) is 6.61 Å². The maximum atomic E-state index is 12.1. The molecule has 1 amide bonds. The SMILES string of the molecule is CCOC(=O)N[C@@H]1CC[C@@H]2[C@H](CC3C(=O)O[C@H](C)C3[C@H]2C(=O)O)C1. The molecule has 2 saturated carbocycles. The molecule has 24 heavy (non-hydrogen) atoms. The number of hydrogen-bond donors (Lipinski definition) is 2. The Labute approximate surface area is 141 Å². The van der Waals surface area contributed by atoms with Gasteiger partial charge in [0.1, 0.15) is 6.10 Å². The molecule has 2 N–H and O–H groups in total. The molecule has 0 radical (unpaired) electrons. The summed E-state index contributed by atoms with van der Waals surface area (Å²) in [6, 6.07) is -0.0221. The van der Waals surface area contributed by atoms with Gasteiger partial charge in [-0.1, -0.05) is 0 Å². The number of alkyl carbamates (subject to hydrolysis) is 1. The third kappa shape index (κ3) is 2.96. The average Bonchev–Trinajstić information content (AvgIpc) is 2.79. The van der Waals surface area contributed by atoms with E-state index in [0.717, 1.165) is 12.8 Å². The predicted molar refractivity (Wildman–Crippen MR) is 83.1 cm³/mol. The first-order valence-electron chi connectivity index (χ1n) is 8.79. The Hall–Kier alpha value is -1.79. The number of carboxylic acids is 1. The zero-order valence-electron chi connectivity index (χ0n) is 14.1. The van der Waals surface area contributed by atoms with E-state index in [-0.39, 0.29) is 41.8 Å². The number of ether oxygens (including phenoxy) is 2. The number of esters is 1. The number of nitrogens with one attached hydrogen (secondary N) is 1. The summed E-state index contributed by atoms with van der Waals surface area (Å²) in [4.78, 5) is 35.6. The Morgan fingerprint density at radius 3 is 2.75 bits per heavy atom. The Morgan fingerprint density at radius 1 is 1.33 bits per heavy atom. The highest BCUT2D eigenvalue weighted by atomic mass is 16.6. The van der Waals surface area contributed by atoms with Crippen molar-refractivity contribution in [2.24, 2.45) is 29.6 Å². The first-order valence-corrected chi connectivity index (χ1v) is 8.79. The molecule has 7 nitrogen and oxygen atoms in total. The van der Waals surface area contributed by atoms with Crippen LogP contribution in [0.3, 0.4) is 0 Å². The van der Waals surface area contributed by atoms with Crippen LogP contribution in [0.5, 0.6) is 0 Å². The third-order valence-electron chi connectivity index (χ3n) is 5.97. The van der Waals surface area contributed by atoms with E-state index in [4.69, 9.17) is 9.47 Å². The lowest BCUT2D eigenvalue weighted by molar-refractivity contribution is -0.153. The van der Waals surface area contributed by atoms with E-state index in [9.17, 15) is 19.5 Å². The molecule has 3 aliphatic rings. The van der Waals surface area contributed by atoms with Gasteiger partial charge in [-0.15, -0.1) is 0 Å². The standard InChI is InChI=1S/C17H25NO6/c1-3-23-17(22)18-10-4-5-11-9(6-10)7-12-13(14(11)15(19)20)8(2)24-16(12)21/h8-14H,3-7H2,1-2H3,(H,18,22)(H,19,20)/t8-,9+,10-,11-,12?,13?,14+/m1/s1. The van der Waals surface area contributed by atoms with Crippen molar-refractivity contribution in [2.45, 2.75) is 51.7 Å². The summed E-state index contributed by atoms with van der Waals surface area (Å²) in [5.41, 5.74) is 0. The topological polar surface area (TPSA) is 102 Å². The number of carboxylic acid groups (broad SMARTS) is 1. The second-order valence-electron chi connectivity index (χ2n) is 7.22. The van der Waals surface area contributed by atoms with Crippen LogP contribution < -0.4 is 5.32 Å². The smallest absolute Gasteiger partial charge is 0.407 e. The number of carbonyl (C=O) groups excluding carboxylic acids is 2. The average molecular weight is 339 g/mol. The summed E-state index contributed by atoms with van der Waals surface area (Å²) in [6.07, 6.45) is 2.06. The fourth-order valence-electron chi connectivity index (χ4n) is 5.09. The minimum absolute atomic E-state index is 0.0221. The highest BCUT2D eigenvalue weighted by molar-refractivity contribution is 5.79. The van der Waals surface area contributed by atoms with E-state index in [1.54, 1.807) is 13.8 Å². The van der Waals surface area contributed by atoms with Crippen LogP contribution >= 0.6 is 0 Å². The number of rotatable bonds is 3. The lowest BCUT2D eigenvalue weighted by Gasteiger charge is -2.46. The lowest BCUT2D eigenvalue weighted by atomic mass is 9.57. The predicted octanol–water partition coefficient (Wildman–Crippen LogP) is 1.80. The van der Waals surface area contributed by atoms with Crippen molar-refractivity contribution in [3.05, 3.63) is 0 Å². The molecule has 3 fully saturated rings. The summed E-state index contributed by atoms with van der Waals surface area (Å²) in [5, 5.41) is 12.6. The van der Waals surface area contributed by atoms with Gasteiger partial charge in [-0.2, -0.15) is 0 Å². The molecule has 0 aromatic heterocycles. The van der Waals surface area contributed by atoms with Gasteiger partial charge in [0.2, 0.25) is 0 Å². The van der Waals surface area contributed by atoms with Crippen LogP contribution in [0.2, 0.25) is 0 Å². The first kappa shape index (κ1) is 17.0. The van der Waals surface area contributed by atoms with Gasteiger partial charge >= 0.3 is 18.0 Å². The minimum atomic E-state index is -0.832. The van der Waals surface area contributed by atoms with Crippen molar-refractivity contribution in [1.29, 1.82) is 0 Å². The van der Waals surface area contributed by atoms with Gasteiger partial charge in [0.05, 0.1) is 18.4 Å². The van der Waals surface area contributed by atoms with E-state index < -0.39 is 18.0 Å². The Bertz CT molecular complexity index is 535. The number of aliphatic carboxylic acids is 1. The molecule has 7 heteroatoms. The van der Waals surface area contributed by atoms with Crippen LogP contribution in [0.25, 0.3) is 0 Å². The second-order valence-corrected chi connectivity index (χ2v) is 7.22. The Morgan fingerprint density at radius 2 is 2.08 bits per heavy atom. The molecule has 3 rings (SSSR count). The maximum Gasteiger partial charge on any atom is 0.407 e. The lowest BCUT2D eigenvalue weighted by Crippen LogP contribution is -2.51. The van der Waals surface area contributed by atoms with E-state index in [0.29, 0.717) is 19.4 Å². The van der Waals surface area contributed by atoms with Gasteiger partial charge < -0.3 is 19.9 Å². The van der Waals surface area contributed by atoms with E-state index >= 15 is 0 Å². The summed E-state index contributed by atoms with van der Waals surface area (Å²) in [7, 11) is 0. The van der Waals surface area contributed by atoms with Crippen LogP contribution in [0, 0.1) is 29.6 Å². The van der Waals surface area contributed by atoms with Crippen molar-refractivity contribution < 1.29 is 29.0 Å². The fraction of sp³-hybridized carbons (Fsp3) is 0.824. The van der Waals surface area contributed by atoms with Crippen molar-refractivity contribution in [3.8, 4) is 0 Å². The number of fused-ring (bicyclic) bond motifs is 2. The van der Waals surface area contributed by atoms with Crippen molar-refractivity contribution >= 4 is 18.0 Å². The van der Waals surface area contributed by atoms with Crippen molar-refractivity contribution in [3.63, 3.8) is 0 Å². The number of cyclic esters (lactones) is 1. The van der Waals surface area contributed by atoms with Crippen LogP contribution in [0.1, 0.15) is 39.5 Å². The Kier molecular flexibility index (Phi) is 4.69. The van der Waals surface area contributed by atoms with Crippen molar-refractivity contribution in [1.82, 2.24) is 5.32 Å². The summed E-state index contributed by atoms with van der Waals surface area (Å²) in [6.45, 7) is 3.87. The molecule has 0 aromatic carbocycles. The first-order chi connectivity index (χ1) is 11.4.